The summed E-state index contributed by atoms with van der Waals surface area (Å²) in [6.45, 7) is 2.44. The Hall–Kier alpha value is -1.48. The molecule has 0 radical (unpaired) electrons. The minimum absolute atomic E-state index is 0.172. The number of esters is 1. The number of aromatic nitrogens is 1. The topological polar surface area (TPSA) is 31.2 Å². The highest BCUT2D eigenvalue weighted by molar-refractivity contribution is 6.35. The third-order valence-electron chi connectivity index (χ3n) is 2.83. The zero-order valence-electron chi connectivity index (χ0n) is 9.81. The number of nitrogens with zero attached hydrogens (tertiary/aromatic N) is 1. The van der Waals surface area contributed by atoms with Crippen molar-refractivity contribution < 1.29 is 9.53 Å². The zero-order chi connectivity index (χ0) is 12.4. The number of hydrogen-bond acceptors (Lipinski definition) is 2. The monoisotopic (exact) mass is 251 g/mol. The summed E-state index contributed by atoms with van der Waals surface area (Å²) < 4.78 is 6.73. The standard InChI is InChI=1S/C13H14ClNO2/c1-9(13(16)17-2)8-15-7-6-10-11(14)4-3-5-12(10)15/h3-7,9H,8H2,1-2H3. The van der Waals surface area contributed by atoms with E-state index in [9.17, 15) is 4.79 Å². The summed E-state index contributed by atoms with van der Waals surface area (Å²) >= 11 is 6.09. The Morgan fingerprint density at radius 1 is 1.47 bits per heavy atom. The molecule has 0 aliphatic heterocycles. The van der Waals surface area contributed by atoms with Gasteiger partial charge in [0, 0.05) is 28.7 Å². The molecular weight excluding hydrogens is 238 g/mol. The second-order valence-corrected chi connectivity index (χ2v) is 4.47. The highest BCUT2D eigenvalue weighted by Gasteiger charge is 2.14. The number of halogens is 1. The zero-order valence-corrected chi connectivity index (χ0v) is 10.6. The van der Waals surface area contributed by atoms with Crippen LogP contribution in [0.5, 0.6) is 0 Å². The fourth-order valence-corrected chi connectivity index (χ4v) is 2.15. The molecule has 1 heterocycles. The van der Waals surface area contributed by atoms with Gasteiger partial charge in [-0.25, -0.2) is 0 Å². The molecule has 0 N–H and O–H groups in total. The van der Waals surface area contributed by atoms with E-state index in [0.29, 0.717) is 6.54 Å². The number of ether oxygens (including phenoxy) is 1. The Morgan fingerprint density at radius 3 is 2.94 bits per heavy atom. The molecule has 0 spiro atoms. The molecule has 1 unspecified atom stereocenters. The van der Waals surface area contributed by atoms with E-state index in [-0.39, 0.29) is 11.9 Å². The van der Waals surface area contributed by atoms with Crippen LogP contribution in [0.15, 0.2) is 30.5 Å². The average Bonchev–Trinajstić information content (AvgIpc) is 2.73. The average molecular weight is 252 g/mol. The van der Waals surface area contributed by atoms with Crippen molar-refractivity contribution in [3.63, 3.8) is 0 Å². The Labute approximate surface area is 105 Å². The van der Waals surface area contributed by atoms with Gasteiger partial charge < -0.3 is 9.30 Å². The summed E-state index contributed by atoms with van der Waals surface area (Å²) in [5.74, 6) is -0.372. The Balaban J connectivity index is 2.31. The van der Waals surface area contributed by atoms with Gasteiger partial charge in [-0.3, -0.25) is 4.79 Å². The van der Waals surface area contributed by atoms with E-state index >= 15 is 0 Å². The molecule has 0 aliphatic rings. The largest absolute Gasteiger partial charge is 0.469 e. The second-order valence-electron chi connectivity index (χ2n) is 4.06. The van der Waals surface area contributed by atoms with Crippen LogP contribution in [0.4, 0.5) is 0 Å². The number of rotatable bonds is 3. The third kappa shape index (κ3) is 2.29. The lowest BCUT2D eigenvalue weighted by Gasteiger charge is -2.11. The maximum Gasteiger partial charge on any atom is 0.310 e. The quantitative estimate of drug-likeness (QED) is 0.785. The molecule has 0 saturated carbocycles. The molecule has 0 fully saturated rings. The van der Waals surface area contributed by atoms with Crippen LogP contribution in [-0.4, -0.2) is 17.6 Å². The van der Waals surface area contributed by atoms with Crippen molar-refractivity contribution in [3.8, 4) is 0 Å². The first-order chi connectivity index (χ1) is 8.13. The Morgan fingerprint density at radius 2 is 2.24 bits per heavy atom. The van der Waals surface area contributed by atoms with Crippen molar-refractivity contribution >= 4 is 28.5 Å². The molecule has 1 aromatic carbocycles. The van der Waals surface area contributed by atoms with E-state index in [4.69, 9.17) is 16.3 Å². The predicted molar refractivity (Wildman–Crippen MR) is 68.1 cm³/mol. The molecule has 0 amide bonds. The lowest BCUT2D eigenvalue weighted by Crippen LogP contribution is -2.18. The molecule has 0 aliphatic carbocycles. The Bertz CT molecular complexity index is 547. The van der Waals surface area contributed by atoms with Crippen LogP contribution in [0.3, 0.4) is 0 Å². The van der Waals surface area contributed by atoms with Crippen LogP contribution < -0.4 is 0 Å². The third-order valence-corrected chi connectivity index (χ3v) is 3.16. The number of hydrogen-bond donors (Lipinski definition) is 0. The molecular formula is C13H14ClNO2. The van der Waals surface area contributed by atoms with Gasteiger partial charge in [0.1, 0.15) is 0 Å². The van der Waals surface area contributed by atoms with Crippen molar-refractivity contribution in [2.45, 2.75) is 13.5 Å². The maximum atomic E-state index is 11.4. The van der Waals surface area contributed by atoms with Crippen LogP contribution in [-0.2, 0) is 16.1 Å². The van der Waals surface area contributed by atoms with E-state index in [1.54, 1.807) is 0 Å². The van der Waals surface area contributed by atoms with E-state index < -0.39 is 0 Å². The van der Waals surface area contributed by atoms with Gasteiger partial charge in [-0.1, -0.05) is 24.6 Å². The van der Waals surface area contributed by atoms with E-state index in [1.807, 2.05) is 42.0 Å². The molecule has 3 nitrogen and oxygen atoms in total. The van der Waals surface area contributed by atoms with Crippen molar-refractivity contribution in [1.29, 1.82) is 0 Å². The van der Waals surface area contributed by atoms with Gasteiger partial charge in [-0.2, -0.15) is 0 Å². The smallest absolute Gasteiger partial charge is 0.310 e. The second kappa shape index (κ2) is 4.80. The van der Waals surface area contributed by atoms with Gasteiger partial charge in [0.05, 0.1) is 13.0 Å². The first-order valence-electron chi connectivity index (χ1n) is 5.44. The van der Waals surface area contributed by atoms with Gasteiger partial charge in [0.25, 0.3) is 0 Å². The number of carbonyl (C=O) groups excluding carboxylic acids is 1. The fourth-order valence-electron chi connectivity index (χ4n) is 1.92. The summed E-state index contributed by atoms with van der Waals surface area (Å²) in [5, 5.41) is 1.73. The van der Waals surface area contributed by atoms with E-state index in [0.717, 1.165) is 15.9 Å². The molecule has 1 aromatic heterocycles. The summed E-state index contributed by atoms with van der Waals surface area (Å²) in [6, 6.07) is 7.72. The molecule has 2 rings (SSSR count). The number of fused-ring (bicyclic) bond motifs is 1. The van der Waals surface area contributed by atoms with Crippen molar-refractivity contribution in [1.82, 2.24) is 4.57 Å². The van der Waals surface area contributed by atoms with Crippen molar-refractivity contribution in [2.75, 3.05) is 7.11 Å². The van der Waals surface area contributed by atoms with Crippen LogP contribution in [0.2, 0.25) is 5.02 Å². The minimum Gasteiger partial charge on any atom is -0.469 e. The van der Waals surface area contributed by atoms with Crippen molar-refractivity contribution in [3.05, 3.63) is 35.5 Å². The van der Waals surface area contributed by atoms with Gasteiger partial charge in [0.15, 0.2) is 0 Å². The molecule has 1 atom stereocenters. The lowest BCUT2D eigenvalue weighted by molar-refractivity contribution is -0.145. The first kappa shape index (κ1) is 12.0. The predicted octanol–water partition coefficient (Wildman–Crippen LogP) is 3.10. The maximum absolute atomic E-state index is 11.4. The number of carbonyl (C=O) groups is 1. The molecule has 4 heteroatoms. The SMILES string of the molecule is COC(=O)C(C)Cn1ccc2c(Cl)cccc21. The lowest BCUT2D eigenvalue weighted by atomic mass is 10.2. The van der Waals surface area contributed by atoms with Crippen LogP contribution in [0.1, 0.15) is 6.92 Å². The van der Waals surface area contributed by atoms with Crippen LogP contribution >= 0.6 is 11.6 Å². The summed E-state index contributed by atoms with van der Waals surface area (Å²) in [6.07, 6.45) is 1.94. The summed E-state index contributed by atoms with van der Waals surface area (Å²) in [4.78, 5) is 11.4. The minimum atomic E-state index is -0.200. The van der Waals surface area contributed by atoms with Gasteiger partial charge in [-0.05, 0) is 18.2 Å². The fraction of sp³-hybridized carbons (Fsp3) is 0.308. The molecule has 90 valence electrons. The summed E-state index contributed by atoms with van der Waals surface area (Å²) in [5.41, 5.74) is 1.04. The van der Waals surface area contributed by atoms with Gasteiger partial charge in [-0.15, -0.1) is 0 Å². The Kier molecular flexibility index (Phi) is 3.38. The number of benzene rings is 1. The summed E-state index contributed by atoms with van der Waals surface area (Å²) in [7, 11) is 1.41. The van der Waals surface area contributed by atoms with Gasteiger partial charge >= 0.3 is 5.97 Å². The highest BCUT2D eigenvalue weighted by Crippen LogP contribution is 2.24. The van der Waals surface area contributed by atoms with Crippen LogP contribution in [0, 0.1) is 5.92 Å². The van der Waals surface area contributed by atoms with E-state index in [1.165, 1.54) is 7.11 Å². The van der Waals surface area contributed by atoms with Gasteiger partial charge in [0.2, 0.25) is 0 Å². The molecule has 2 aromatic rings. The molecule has 17 heavy (non-hydrogen) atoms. The highest BCUT2D eigenvalue weighted by atomic mass is 35.5. The van der Waals surface area contributed by atoms with Crippen LogP contribution in [0.25, 0.3) is 10.9 Å². The normalized spacial score (nSPS) is 12.6. The molecule has 0 bridgehead atoms. The molecule has 0 saturated heterocycles. The first-order valence-corrected chi connectivity index (χ1v) is 5.82. The van der Waals surface area contributed by atoms with E-state index in [2.05, 4.69) is 0 Å². The van der Waals surface area contributed by atoms with Crippen molar-refractivity contribution in [2.24, 2.45) is 5.92 Å². The number of methoxy groups -OCH3 is 1.